The van der Waals surface area contributed by atoms with Gasteiger partial charge in [0.05, 0.1) is 5.76 Å². The molecule has 82 valence electrons. The van der Waals surface area contributed by atoms with Gasteiger partial charge in [0.25, 0.3) is 5.91 Å². The first-order valence-corrected chi connectivity index (χ1v) is 4.62. The molecule has 1 heterocycles. The minimum Gasteiger partial charge on any atom is -0.476 e. The van der Waals surface area contributed by atoms with Crippen molar-refractivity contribution in [3.8, 4) is 0 Å². The van der Waals surface area contributed by atoms with E-state index >= 15 is 0 Å². The Hall–Kier alpha value is -1.78. The van der Waals surface area contributed by atoms with E-state index in [0.29, 0.717) is 6.41 Å². The van der Waals surface area contributed by atoms with Crippen LogP contribution in [0.25, 0.3) is 0 Å². The van der Waals surface area contributed by atoms with Gasteiger partial charge in [0.1, 0.15) is 0 Å². The highest BCUT2D eigenvalue weighted by molar-refractivity contribution is 5.94. The number of hydrogen-bond acceptors (Lipinski definition) is 4. The average Bonchev–Trinajstić information content (AvgIpc) is 2.62. The van der Waals surface area contributed by atoms with Crippen LogP contribution in [0.3, 0.4) is 0 Å². The van der Waals surface area contributed by atoms with Crippen LogP contribution in [-0.2, 0) is 14.3 Å². The molecule has 1 unspecified atom stereocenters. The fourth-order valence-corrected chi connectivity index (χ4v) is 1.27. The third kappa shape index (κ3) is 3.46. The summed E-state index contributed by atoms with van der Waals surface area (Å²) in [6.45, 7) is 3.71. The van der Waals surface area contributed by atoms with Gasteiger partial charge in [0.15, 0.2) is 6.23 Å². The number of amides is 2. The van der Waals surface area contributed by atoms with Crippen molar-refractivity contribution < 1.29 is 14.3 Å². The SMILES string of the molecule is C=C1CCC(N(C)/C=C\C(=O)NC=O)O1. The number of imide groups is 1. The van der Waals surface area contributed by atoms with Gasteiger partial charge in [-0.25, -0.2) is 0 Å². The quantitative estimate of drug-likeness (QED) is 0.537. The second-order valence-corrected chi connectivity index (χ2v) is 3.26. The molecule has 1 N–H and O–H groups in total. The summed E-state index contributed by atoms with van der Waals surface area (Å²) < 4.78 is 5.39. The van der Waals surface area contributed by atoms with E-state index in [1.807, 2.05) is 5.32 Å². The molecule has 2 amide bonds. The summed E-state index contributed by atoms with van der Waals surface area (Å²) in [4.78, 5) is 22.6. The smallest absolute Gasteiger partial charge is 0.251 e. The number of ether oxygens (including phenoxy) is 1. The summed E-state index contributed by atoms with van der Waals surface area (Å²) in [5, 5.41) is 2.01. The van der Waals surface area contributed by atoms with Crippen LogP contribution < -0.4 is 5.32 Å². The van der Waals surface area contributed by atoms with E-state index in [1.165, 1.54) is 6.08 Å². The highest BCUT2D eigenvalue weighted by Crippen LogP contribution is 2.23. The van der Waals surface area contributed by atoms with Crippen molar-refractivity contribution in [2.75, 3.05) is 7.05 Å². The zero-order valence-electron chi connectivity index (χ0n) is 8.60. The van der Waals surface area contributed by atoms with Crippen LogP contribution >= 0.6 is 0 Å². The lowest BCUT2D eigenvalue weighted by molar-refractivity contribution is -0.121. The van der Waals surface area contributed by atoms with Crippen LogP contribution in [0, 0.1) is 0 Å². The topological polar surface area (TPSA) is 58.6 Å². The Balaban J connectivity index is 2.40. The number of carbonyl (C=O) groups is 2. The Morgan fingerprint density at radius 1 is 1.73 bits per heavy atom. The molecule has 0 radical (unpaired) electrons. The highest BCUT2D eigenvalue weighted by Gasteiger charge is 2.21. The van der Waals surface area contributed by atoms with Gasteiger partial charge in [-0.05, 0) is 0 Å². The van der Waals surface area contributed by atoms with E-state index in [0.717, 1.165) is 18.6 Å². The molecule has 1 fully saturated rings. The van der Waals surface area contributed by atoms with E-state index < -0.39 is 5.91 Å². The van der Waals surface area contributed by atoms with E-state index in [4.69, 9.17) is 4.74 Å². The van der Waals surface area contributed by atoms with Gasteiger partial charge >= 0.3 is 0 Å². The van der Waals surface area contributed by atoms with Crippen LogP contribution in [-0.4, -0.2) is 30.5 Å². The van der Waals surface area contributed by atoms with Crippen molar-refractivity contribution >= 4 is 12.3 Å². The number of rotatable bonds is 4. The second kappa shape index (κ2) is 5.19. The van der Waals surface area contributed by atoms with Crippen molar-refractivity contribution in [2.45, 2.75) is 19.1 Å². The highest BCUT2D eigenvalue weighted by atomic mass is 16.5. The Bertz CT molecular complexity index is 299. The first kappa shape index (κ1) is 11.3. The molecular weight excluding hydrogens is 196 g/mol. The lowest BCUT2D eigenvalue weighted by atomic mass is 10.3. The molecule has 0 spiro atoms. The summed E-state index contributed by atoms with van der Waals surface area (Å²) >= 11 is 0. The first-order valence-electron chi connectivity index (χ1n) is 4.62. The van der Waals surface area contributed by atoms with Gasteiger partial charge in [-0.15, -0.1) is 0 Å². The second-order valence-electron chi connectivity index (χ2n) is 3.26. The molecule has 1 rings (SSSR count). The molecular formula is C10H14N2O3. The number of nitrogens with zero attached hydrogens (tertiary/aromatic N) is 1. The predicted octanol–water partition coefficient (Wildman–Crippen LogP) is 0.355. The maximum absolute atomic E-state index is 10.9. The molecule has 1 aliphatic heterocycles. The molecule has 0 aromatic rings. The van der Waals surface area contributed by atoms with E-state index in [-0.39, 0.29) is 6.23 Å². The zero-order valence-corrected chi connectivity index (χ0v) is 8.60. The minimum atomic E-state index is -0.450. The van der Waals surface area contributed by atoms with Crippen LogP contribution in [0.1, 0.15) is 12.8 Å². The van der Waals surface area contributed by atoms with Crippen molar-refractivity contribution in [1.29, 1.82) is 0 Å². The Morgan fingerprint density at radius 2 is 2.47 bits per heavy atom. The molecule has 1 saturated heterocycles. The molecule has 0 aromatic carbocycles. The van der Waals surface area contributed by atoms with E-state index in [9.17, 15) is 9.59 Å². The van der Waals surface area contributed by atoms with Crippen molar-refractivity contribution in [1.82, 2.24) is 10.2 Å². The third-order valence-electron chi connectivity index (χ3n) is 2.09. The zero-order chi connectivity index (χ0) is 11.3. The van der Waals surface area contributed by atoms with Gasteiger partial charge in [-0.3, -0.25) is 14.9 Å². The molecule has 1 atom stereocenters. The fraction of sp³-hybridized carbons (Fsp3) is 0.400. The third-order valence-corrected chi connectivity index (χ3v) is 2.09. The van der Waals surface area contributed by atoms with Gasteiger partial charge in [0.2, 0.25) is 6.41 Å². The van der Waals surface area contributed by atoms with E-state index in [1.54, 1.807) is 18.1 Å². The molecule has 0 bridgehead atoms. The standard InChI is InChI=1S/C10H14N2O3/c1-8-3-4-10(15-8)12(2)6-5-9(14)11-7-13/h5-7,10H,1,3-4H2,2H3,(H,11,13,14)/b6-5-. The normalized spacial score (nSPS) is 20.1. The summed E-state index contributed by atoms with van der Waals surface area (Å²) in [7, 11) is 1.80. The summed E-state index contributed by atoms with van der Waals surface area (Å²) in [5.74, 6) is 0.311. The fourth-order valence-electron chi connectivity index (χ4n) is 1.27. The average molecular weight is 210 g/mol. The maximum Gasteiger partial charge on any atom is 0.251 e. The van der Waals surface area contributed by atoms with Crippen LogP contribution in [0.15, 0.2) is 24.6 Å². The first-order chi connectivity index (χ1) is 7.13. The molecule has 15 heavy (non-hydrogen) atoms. The van der Waals surface area contributed by atoms with Crippen molar-refractivity contribution in [2.24, 2.45) is 0 Å². The largest absolute Gasteiger partial charge is 0.476 e. The van der Waals surface area contributed by atoms with Crippen LogP contribution in [0.4, 0.5) is 0 Å². The maximum atomic E-state index is 10.9. The number of hydrogen-bond donors (Lipinski definition) is 1. The molecule has 5 heteroatoms. The molecule has 0 saturated carbocycles. The molecule has 5 nitrogen and oxygen atoms in total. The Labute approximate surface area is 88.4 Å². The van der Waals surface area contributed by atoms with Gasteiger partial charge in [0, 0.05) is 32.2 Å². The summed E-state index contributed by atoms with van der Waals surface area (Å²) in [6, 6.07) is 0. The summed E-state index contributed by atoms with van der Waals surface area (Å²) in [6.07, 6.45) is 4.82. The molecule has 0 aliphatic carbocycles. The van der Waals surface area contributed by atoms with Gasteiger partial charge in [-0.1, -0.05) is 6.58 Å². The van der Waals surface area contributed by atoms with Crippen molar-refractivity contribution in [3.63, 3.8) is 0 Å². The Morgan fingerprint density at radius 3 is 3.00 bits per heavy atom. The number of nitrogens with one attached hydrogen (secondary N) is 1. The monoisotopic (exact) mass is 210 g/mol. The van der Waals surface area contributed by atoms with E-state index in [2.05, 4.69) is 6.58 Å². The number of allylic oxidation sites excluding steroid dienone is 1. The predicted molar refractivity (Wildman–Crippen MR) is 54.4 cm³/mol. The Kier molecular flexibility index (Phi) is 3.91. The number of carbonyl (C=O) groups excluding carboxylic acids is 2. The lowest BCUT2D eigenvalue weighted by Gasteiger charge is -2.21. The van der Waals surface area contributed by atoms with Gasteiger partial charge < -0.3 is 9.64 Å². The lowest BCUT2D eigenvalue weighted by Crippen LogP contribution is -2.26. The van der Waals surface area contributed by atoms with Crippen molar-refractivity contribution in [3.05, 3.63) is 24.6 Å². The van der Waals surface area contributed by atoms with Crippen LogP contribution in [0.5, 0.6) is 0 Å². The molecule has 1 aliphatic rings. The van der Waals surface area contributed by atoms with Gasteiger partial charge in [-0.2, -0.15) is 0 Å². The minimum absolute atomic E-state index is 0.0715. The molecule has 0 aromatic heterocycles. The van der Waals surface area contributed by atoms with Crippen LogP contribution in [0.2, 0.25) is 0 Å². The summed E-state index contributed by atoms with van der Waals surface area (Å²) in [5.41, 5.74) is 0.